The zero-order valence-electron chi connectivity index (χ0n) is 12.3. The minimum atomic E-state index is -0.133. The molecular formula is C19H16N2O. The number of fused-ring (bicyclic) bond motifs is 1. The van der Waals surface area contributed by atoms with Gasteiger partial charge in [0.25, 0.3) is 5.91 Å². The zero-order chi connectivity index (χ0) is 15.4. The molecule has 0 saturated heterocycles. The minimum Gasteiger partial charge on any atom is -0.320 e. The van der Waals surface area contributed by atoms with Crippen LogP contribution < -0.4 is 5.32 Å². The number of hydrogen-bond donors (Lipinski definition) is 1. The number of aromatic nitrogens is 1. The van der Waals surface area contributed by atoms with Crippen LogP contribution in [0.4, 0.5) is 5.69 Å². The van der Waals surface area contributed by atoms with E-state index in [4.69, 9.17) is 0 Å². The van der Waals surface area contributed by atoms with Crippen molar-refractivity contribution < 1.29 is 4.79 Å². The number of amides is 1. The largest absolute Gasteiger partial charge is 0.320 e. The van der Waals surface area contributed by atoms with Crippen LogP contribution in [0.1, 0.15) is 22.8 Å². The first-order valence-corrected chi connectivity index (χ1v) is 7.16. The molecule has 3 rings (SSSR count). The van der Waals surface area contributed by atoms with Crippen molar-refractivity contribution in [1.82, 2.24) is 4.98 Å². The van der Waals surface area contributed by atoms with Crippen molar-refractivity contribution >= 4 is 28.6 Å². The lowest BCUT2D eigenvalue weighted by Crippen LogP contribution is -2.13. The first-order chi connectivity index (χ1) is 10.8. The fraction of sp³-hybridized carbons (Fsp3) is 0.0526. The molecule has 3 heteroatoms. The molecule has 3 aromatic rings. The van der Waals surface area contributed by atoms with Crippen LogP contribution in [0.5, 0.6) is 0 Å². The molecule has 1 heterocycles. The van der Waals surface area contributed by atoms with Gasteiger partial charge in [0.05, 0.1) is 11.2 Å². The predicted molar refractivity (Wildman–Crippen MR) is 90.8 cm³/mol. The molecular weight excluding hydrogens is 272 g/mol. The van der Waals surface area contributed by atoms with Gasteiger partial charge in [0.15, 0.2) is 0 Å². The molecule has 22 heavy (non-hydrogen) atoms. The van der Waals surface area contributed by atoms with Gasteiger partial charge in [-0.05, 0) is 30.7 Å². The van der Waals surface area contributed by atoms with Gasteiger partial charge in [-0.1, -0.05) is 48.6 Å². The maximum Gasteiger partial charge on any atom is 0.256 e. The Hall–Kier alpha value is -2.94. The second-order valence-corrected chi connectivity index (χ2v) is 4.92. The molecule has 3 nitrogen and oxygen atoms in total. The minimum absolute atomic E-state index is 0.133. The fourth-order valence-corrected chi connectivity index (χ4v) is 2.42. The van der Waals surface area contributed by atoms with Gasteiger partial charge in [-0.3, -0.25) is 9.78 Å². The first-order valence-electron chi connectivity index (χ1n) is 7.16. The summed E-state index contributed by atoms with van der Waals surface area (Å²) in [5.74, 6) is -0.133. The fourth-order valence-electron chi connectivity index (χ4n) is 2.42. The summed E-state index contributed by atoms with van der Waals surface area (Å²) < 4.78 is 0. The van der Waals surface area contributed by atoms with Crippen LogP contribution in [0.2, 0.25) is 0 Å². The van der Waals surface area contributed by atoms with Gasteiger partial charge >= 0.3 is 0 Å². The average Bonchev–Trinajstić information content (AvgIpc) is 2.56. The molecule has 0 fully saturated rings. The molecule has 2 aromatic carbocycles. The van der Waals surface area contributed by atoms with Crippen LogP contribution in [0, 0.1) is 0 Å². The Kier molecular flexibility index (Phi) is 3.97. The van der Waals surface area contributed by atoms with Gasteiger partial charge in [0.1, 0.15) is 0 Å². The highest BCUT2D eigenvalue weighted by Gasteiger charge is 2.11. The zero-order valence-corrected chi connectivity index (χ0v) is 12.3. The van der Waals surface area contributed by atoms with Crippen molar-refractivity contribution in [3.63, 3.8) is 0 Å². The Bertz CT molecular complexity index is 847. The Balaban J connectivity index is 1.97. The van der Waals surface area contributed by atoms with E-state index in [2.05, 4.69) is 10.3 Å². The Labute approximate surface area is 129 Å². The van der Waals surface area contributed by atoms with E-state index in [1.54, 1.807) is 6.20 Å². The molecule has 1 N–H and O–H groups in total. The molecule has 0 aliphatic rings. The van der Waals surface area contributed by atoms with Gasteiger partial charge in [0, 0.05) is 17.1 Å². The van der Waals surface area contributed by atoms with Crippen LogP contribution in [0.15, 0.2) is 66.9 Å². The van der Waals surface area contributed by atoms with E-state index >= 15 is 0 Å². The topological polar surface area (TPSA) is 42.0 Å². The molecule has 0 aliphatic heterocycles. The Morgan fingerprint density at radius 3 is 2.73 bits per heavy atom. The molecule has 0 spiro atoms. The van der Waals surface area contributed by atoms with Gasteiger partial charge < -0.3 is 5.32 Å². The van der Waals surface area contributed by atoms with Crippen molar-refractivity contribution in [3.05, 3.63) is 78.0 Å². The van der Waals surface area contributed by atoms with Crippen LogP contribution in [0.25, 0.3) is 17.0 Å². The number of rotatable bonds is 3. The van der Waals surface area contributed by atoms with Gasteiger partial charge in [-0.2, -0.15) is 0 Å². The SMILES string of the molecule is C/C=C/c1ccccc1C(=O)Nc1cccc2cccnc12. The van der Waals surface area contributed by atoms with E-state index in [0.29, 0.717) is 5.56 Å². The van der Waals surface area contributed by atoms with Gasteiger partial charge in [-0.15, -0.1) is 0 Å². The van der Waals surface area contributed by atoms with E-state index in [1.807, 2.05) is 73.7 Å². The summed E-state index contributed by atoms with van der Waals surface area (Å²) in [6.45, 7) is 1.93. The third kappa shape index (κ3) is 2.74. The summed E-state index contributed by atoms with van der Waals surface area (Å²) in [6, 6.07) is 17.2. The third-order valence-electron chi connectivity index (χ3n) is 3.43. The normalized spacial score (nSPS) is 11.0. The maximum absolute atomic E-state index is 12.6. The molecule has 108 valence electrons. The monoisotopic (exact) mass is 288 g/mol. The van der Waals surface area contributed by atoms with Gasteiger partial charge in [0.2, 0.25) is 0 Å². The smallest absolute Gasteiger partial charge is 0.256 e. The number of nitrogens with one attached hydrogen (secondary N) is 1. The summed E-state index contributed by atoms with van der Waals surface area (Å²) in [7, 11) is 0. The van der Waals surface area contributed by atoms with Crippen molar-refractivity contribution in [2.45, 2.75) is 6.92 Å². The lowest BCUT2D eigenvalue weighted by Gasteiger charge is -2.09. The van der Waals surface area contributed by atoms with E-state index in [0.717, 1.165) is 22.2 Å². The quantitative estimate of drug-likeness (QED) is 0.770. The van der Waals surface area contributed by atoms with Crippen molar-refractivity contribution in [3.8, 4) is 0 Å². The number of carbonyl (C=O) groups excluding carboxylic acids is 1. The molecule has 0 bridgehead atoms. The highest BCUT2D eigenvalue weighted by atomic mass is 16.1. The van der Waals surface area contributed by atoms with Gasteiger partial charge in [-0.25, -0.2) is 0 Å². The lowest BCUT2D eigenvalue weighted by molar-refractivity contribution is 0.102. The van der Waals surface area contributed by atoms with E-state index in [1.165, 1.54) is 0 Å². The van der Waals surface area contributed by atoms with E-state index in [-0.39, 0.29) is 5.91 Å². The van der Waals surface area contributed by atoms with Crippen molar-refractivity contribution in [2.75, 3.05) is 5.32 Å². The second-order valence-electron chi connectivity index (χ2n) is 4.92. The number of pyridine rings is 1. The highest BCUT2D eigenvalue weighted by Crippen LogP contribution is 2.22. The number of hydrogen-bond acceptors (Lipinski definition) is 2. The molecule has 0 saturated carbocycles. The van der Waals surface area contributed by atoms with E-state index in [9.17, 15) is 4.79 Å². The summed E-state index contributed by atoms with van der Waals surface area (Å²) in [5.41, 5.74) is 3.06. The Morgan fingerprint density at radius 2 is 1.86 bits per heavy atom. The standard InChI is InChI=1S/C19H16N2O/c1-2-7-14-8-3-4-11-16(14)19(22)21-17-12-5-9-15-10-6-13-20-18(15)17/h2-13H,1H3,(H,21,22)/b7-2+. The van der Waals surface area contributed by atoms with Crippen LogP contribution in [-0.2, 0) is 0 Å². The third-order valence-corrected chi connectivity index (χ3v) is 3.43. The Morgan fingerprint density at radius 1 is 1.05 bits per heavy atom. The summed E-state index contributed by atoms with van der Waals surface area (Å²) in [6.07, 6.45) is 5.58. The summed E-state index contributed by atoms with van der Waals surface area (Å²) >= 11 is 0. The number of para-hydroxylation sites is 1. The maximum atomic E-state index is 12.6. The van der Waals surface area contributed by atoms with Crippen LogP contribution in [-0.4, -0.2) is 10.9 Å². The molecule has 0 atom stereocenters. The number of benzene rings is 2. The highest BCUT2D eigenvalue weighted by molar-refractivity contribution is 6.09. The molecule has 1 amide bonds. The predicted octanol–water partition coefficient (Wildman–Crippen LogP) is 4.52. The summed E-state index contributed by atoms with van der Waals surface area (Å²) in [4.78, 5) is 16.9. The number of carbonyl (C=O) groups is 1. The second kappa shape index (κ2) is 6.22. The molecule has 0 unspecified atom stereocenters. The summed E-state index contributed by atoms with van der Waals surface area (Å²) in [5, 5.41) is 3.97. The first kappa shape index (κ1) is 14.0. The number of anilines is 1. The molecule has 0 radical (unpaired) electrons. The number of nitrogens with zero attached hydrogens (tertiary/aromatic N) is 1. The molecule has 0 aliphatic carbocycles. The van der Waals surface area contributed by atoms with Crippen molar-refractivity contribution in [2.24, 2.45) is 0 Å². The van der Waals surface area contributed by atoms with Crippen LogP contribution >= 0.6 is 0 Å². The van der Waals surface area contributed by atoms with Crippen molar-refractivity contribution in [1.29, 1.82) is 0 Å². The lowest BCUT2D eigenvalue weighted by atomic mass is 10.1. The number of allylic oxidation sites excluding steroid dienone is 1. The molecule has 1 aromatic heterocycles. The van der Waals surface area contributed by atoms with Crippen LogP contribution in [0.3, 0.4) is 0 Å². The average molecular weight is 288 g/mol. The van der Waals surface area contributed by atoms with E-state index < -0.39 is 0 Å².